The fraction of sp³-hybridized carbons (Fsp3) is 0.588. The highest BCUT2D eigenvalue weighted by atomic mass is 19.1. The van der Waals surface area contributed by atoms with Crippen LogP contribution in [-0.4, -0.2) is 54.0 Å². The summed E-state index contributed by atoms with van der Waals surface area (Å²) < 4.78 is 13.2. The average Bonchev–Trinajstić information content (AvgIpc) is 2.52. The van der Waals surface area contributed by atoms with Crippen LogP contribution in [0.5, 0.6) is 0 Å². The van der Waals surface area contributed by atoms with Crippen molar-refractivity contribution in [2.45, 2.75) is 38.8 Å². The topological polar surface area (TPSA) is 49.6 Å². The molecule has 0 bridgehead atoms. The zero-order chi connectivity index (χ0) is 16.1. The molecule has 1 aliphatic rings. The van der Waals surface area contributed by atoms with Gasteiger partial charge in [0.25, 0.3) is 0 Å². The minimum atomic E-state index is -0.257. The number of hydrogen-bond donors (Lipinski definition) is 1. The van der Waals surface area contributed by atoms with Crippen LogP contribution in [0, 0.1) is 5.82 Å². The van der Waals surface area contributed by atoms with Crippen LogP contribution in [0.1, 0.15) is 25.8 Å². The SMILES string of the molecule is C[C@@H](CCc1cccc(F)c1)N1CCN([C@@H](C)C(N)=O)CC1. The Hall–Kier alpha value is -1.46. The molecule has 0 spiro atoms. The highest BCUT2D eigenvalue weighted by Crippen LogP contribution is 2.14. The second-order valence-corrected chi connectivity index (χ2v) is 6.17. The number of rotatable bonds is 6. The Morgan fingerprint density at radius 1 is 1.23 bits per heavy atom. The summed E-state index contributed by atoms with van der Waals surface area (Å²) in [6.07, 6.45) is 1.89. The van der Waals surface area contributed by atoms with E-state index in [2.05, 4.69) is 16.7 Å². The zero-order valence-corrected chi connectivity index (χ0v) is 13.5. The predicted octanol–water partition coefficient (Wildman–Crippen LogP) is 1.64. The highest BCUT2D eigenvalue weighted by Gasteiger charge is 2.25. The number of halogens is 1. The molecule has 1 aromatic carbocycles. The van der Waals surface area contributed by atoms with Gasteiger partial charge in [-0.2, -0.15) is 0 Å². The van der Waals surface area contributed by atoms with Gasteiger partial charge in [-0.05, 0) is 44.4 Å². The molecular weight excluding hydrogens is 281 g/mol. The first kappa shape index (κ1) is 16.9. The Bertz CT molecular complexity index is 500. The summed E-state index contributed by atoms with van der Waals surface area (Å²) in [7, 11) is 0. The second-order valence-electron chi connectivity index (χ2n) is 6.17. The van der Waals surface area contributed by atoms with Crippen molar-refractivity contribution in [1.82, 2.24) is 9.80 Å². The van der Waals surface area contributed by atoms with E-state index in [4.69, 9.17) is 5.73 Å². The van der Waals surface area contributed by atoms with E-state index in [0.717, 1.165) is 44.6 Å². The van der Waals surface area contributed by atoms with E-state index in [1.807, 2.05) is 13.0 Å². The summed E-state index contributed by atoms with van der Waals surface area (Å²) in [6.45, 7) is 7.71. The van der Waals surface area contributed by atoms with Gasteiger partial charge in [-0.25, -0.2) is 4.39 Å². The smallest absolute Gasteiger partial charge is 0.234 e. The number of benzene rings is 1. The Morgan fingerprint density at radius 3 is 2.45 bits per heavy atom. The lowest BCUT2D eigenvalue weighted by molar-refractivity contribution is -0.123. The molecule has 1 aromatic rings. The summed E-state index contributed by atoms with van der Waals surface area (Å²) in [5.41, 5.74) is 6.41. The number of amides is 1. The zero-order valence-electron chi connectivity index (χ0n) is 13.5. The van der Waals surface area contributed by atoms with Crippen LogP contribution in [0.2, 0.25) is 0 Å². The number of nitrogens with two attached hydrogens (primary N) is 1. The Kier molecular flexibility index (Phi) is 5.91. The minimum Gasteiger partial charge on any atom is -0.368 e. The first-order valence-electron chi connectivity index (χ1n) is 7.99. The molecule has 1 fully saturated rings. The second kappa shape index (κ2) is 7.70. The maximum Gasteiger partial charge on any atom is 0.234 e. The van der Waals surface area contributed by atoms with Crippen molar-refractivity contribution >= 4 is 5.91 Å². The van der Waals surface area contributed by atoms with Crippen molar-refractivity contribution < 1.29 is 9.18 Å². The number of carbonyl (C=O) groups is 1. The average molecular weight is 307 g/mol. The van der Waals surface area contributed by atoms with E-state index in [1.165, 1.54) is 6.07 Å². The standard InChI is InChI=1S/C17H26FN3O/c1-13(6-7-15-4-3-5-16(18)12-15)20-8-10-21(11-9-20)14(2)17(19)22/h3-5,12-14H,6-11H2,1-2H3,(H2,19,22)/t13-,14-/m0/s1. The van der Waals surface area contributed by atoms with Crippen LogP contribution in [0.3, 0.4) is 0 Å². The number of primary amides is 1. The van der Waals surface area contributed by atoms with Gasteiger partial charge in [0.1, 0.15) is 5.82 Å². The van der Waals surface area contributed by atoms with Gasteiger partial charge in [0.15, 0.2) is 0 Å². The fourth-order valence-electron chi connectivity index (χ4n) is 3.00. The van der Waals surface area contributed by atoms with Gasteiger partial charge in [0.05, 0.1) is 6.04 Å². The molecule has 0 aromatic heterocycles. The van der Waals surface area contributed by atoms with Gasteiger partial charge >= 0.3 is 0 Å². The summed E-state index contributed by atoms with van der Waals surface area (Å²) in [5, 5.41) is 0. The lowest BCUT2D eigenvalue weighted by atomic mass is 10.0. The van der Waals surface area contributed by atoms with Gasteiger partial charge in [-0.15, -0.1) is 0 Å². The number of nitrogens with zero attached hydrogens (tertiary/aromatic N) is 2. The summed E-state index contributed by atoms with van der Waals surface area (Å²) in [5.74, 6) is -0.424. The van der Waals surface area contributed by atoms with E-state index in [0.29, 0.717) is 6.04 Å². The number of hydrogen-bond acceptors (Lipinski definition) is 3. The predicted molar refractivity (Wildman–Crippen MR) is 86.0 cm³/mol. The van der Waals surface area contributed by atoms with Crippen LogP contribution in [-0.2, 0) is 11.2 Å². The van der Waals surface area contributed by atoms with Crippen LogP contribution in [0.4, 0.5) is 4.39 Å². The van der Waals surface area contributed by atoms with Gasteiger partial charge < -0.3 is 5.73 Å². The van der Waals surface area contributed by atoms with E-state index in [9.17, 15) is 9.18 Å². The lowest BCUT2D eigenvalue weighted by Gasteiger charge is -2.39. The molecule has 5 heteroatoms. The molecule has 22 heavy (non-hydrogen) atoms. The van der Waals surface area contributed by atoms with Crippen molar-refractivity contribution in [2.24, 2.45) is 5.73 Å². The van der Waals surface area contributed by atoms with Crippen LogP contribution in [0.15, 0.2) is 24.3 Å². The Morgan fingerprint density at radius 2 is 1.86 bits per heavy atom. The fourth-order valence-corrected chi connectivity index (χ4v) is 3.00. The molecule has 0 aliphatic carbocycles. The summed E-state index contributed by atoms with van der Waals surface area (Å²) in [4.78, 5) is 15.8. The third-order valence-electron chi connectivity index (χ3n) is 4.67. The molecule has 4 nitrogen and oxygen atoms in total. The van der Waals surface area contributed by atoms with Crippen LogP contribution in [0.25, 0.3) is 0 Å². The molecule has 2 atom stereocenters. The van der Waals surface area contributed by atoms with E-state index < -0.39 is 0 Å². The largest absolute Gasteiger partial charge is 0.368 e. The molecule has 2 rings (SSSR count). The minimum absolute atomic E-state index is 0.167. The molecule has 1 amide bonds. The van der Waals surface area contributed by atoms with Gasteiger partial charge in [0, 0.05) is 32.2 Å². The van der Waals surface area contributed by atoms with Crippen molar-refractivity contribution in [1.29, 1.82) is 0 Å². The number of aryl methyl sites for hydroxylation is 1. The summed E-state index contributed by atoms with van der Waals surface area (Å²) in [6, 6.07) is 7.09. The lowest BCUT2D eigenvalue weighted by Crippen LogP contribution is -2.54. The molecule has 122 valence electrons. The molecule has 0 saturated carbocycles. The molecule has 1 heterocycles. The maximum atomic E-state index is 13.2. The highest BCUT2D eigenvalue weighted by molar-refractivity contribution is 5.79. The van der Waals surface area contributed by atoms with Gasteiger partial charge in [-0.1, -0.05) is 12.1 Å². The van der Waals surface area contributed by atoms with Gasteiger partial charge in [0.2, 0.25) is 5.91 Å². The molecule has 0 radical (unpaired) electrons. The Balaban J connectivity index is 1.77. The molecular formula is C17H26FN3O. The van der Waals surface area contributed by atoms with Crippen LogP contribution < -0.4 is 5.73 Å². The summed E-state index contributed by atoms with van der Waals surface area (Å²) >= 11 is 0. The maximum absolute atomic E-state index is 13.2. The van der Waals surface area contributed by atoms with Crippen molar-refractivity contribution in [3.63, 3.8) is 0 Å². The normalized spacial score (nSPS) is 19.8. The molecule has 1 saturated heterocycles. The number of piperazine rings is 1. The van der Waals surface area contributed by atoms with Crippen molar-refractivity contribution in [3.05, 3.63) is 35.6 Å². The monoisotopic (exact) mass is 307 g/mol. The quantitative estimate of drug-likeness (QED) is 0.869. The van der Waals surface area contributed by atoms with Gasteiger partial charge in [-0.3, -0.25) is 14.6 Å². The van der Waals surface area contributed by atoms with E-state index in [-0.39, 0.29) is 17.8 Å². The molecule has 1 aliphatic heterocycles. The Labute approximate surface area is 132 Å². The molecule has 2 N–H and O–H groups in total. The van der Waals surface area contributed by atoms with Crippen molar-refractivity contribution in [2.75, 3.05) is 26.2 Å². The van der Waals surface area contributed by atoms with Crippen LogP contribution >= 0.6 is 0 Å². The van der Waals surface area contributed by atoms with E-state index in [1.54, 1.807) is 12.1 Å². The third kappa shape index (κ3) is 4.52. The first-order valence-corrected chi connectivity index (χ1v) is 7.99. The van der Waals surface area contributed by atoms with E-state index >= 15 is 0 Å². The number of carbonyl (C=O) groups excluding carboxylic acids is 1. The van der Waals surface area contributed by atoms with Crippen molar-refractivity contribution in [3.8, 4) is 0 Å². The first-order chi connectivity index (χ1) is 10.5. The molecule has 0 unspecified atom stereocenters. The third-order valence-corrected chi connectivity index (χ3v) is 4.67.